The molecule has 0 N–H and O–H groups in total. The van der Waals surface area contributed by atoms with E-state index >= 15 is 0 Å². The zero-order valence-electron chi connectivity index (χ0n) is 14.7. The largest absolute Gasteiger partial charge is 0.297 e. The molecule has 0 aromatic carbocycles. The number of aromatic nitrogens is 3. The van der Waals surface area contributed by atoms with Crippen molar-refractivity contribution >= 4 is 10.0 Å². The third kappa shape index (κ3) is 4.87. The van der Waals surface area contributed by atoms with E-state index < -0.39 is 10.0 Å². The van der Waals surface area contributed by atoms with Crippen LogP contribution in [0.1, 0.15) is 24.0 Å². The first kappa shape index (κ1) is 18.0. The molecule has 136 valence electrons. The van der Waals surface area contributed by atoms with Gasteiger partial charge in [0.25, 0.3) is 0 Å². The lowest BCUT2D eigenvalue weighted by Crippen LogP contribution is -2.49. The van der Waals surface area contributed by atoms with Crippen LogP contribution in [0, 0.1) is 0 Å². The van der Waals surface area contributed by atoms with Gasteiger partial charge in [-0.3, -0.25) is 14.6 Å². The Hall–Kier alpha value is -1.77. The van der Waals surface area contributed by atoms with Crippen molar-refractivity contribution < 1.29 is 8.42 Å². The van der Waals surface area contributed by atoms with Crippen molar-refractivity contribution in [2.24, 2.45) is 7.05 Å². The van der Waals surface area contributed by atoms with E-state index in [1.165, 1.54) is 6.26 Å². The van der Waals surface area contributed by atoms with E-state index in [2.05, 4.69) is 15.0 Å². The van der Waals surface area contributed by atoms with Crippen molar-refractivity contribution in [2.45, 2.75) is 32.0 Å². The Morgan fingerprint density at radius 3 is 2.80 bits per heavy atom. The summed E-state index contributed by atoms with van der Waals surface area (Å²) in [7, 11) is -1.39. The highest BCUT2D eigenvalue weighted by Crippen LogP contribution is 2.22. The number of aryl methyl sites for hydroxylation is 1. The van der Waals surface area contributed by atoms with Gasteiger partial charge in [0.15, 0.2) is 0 Å². The first-order valence-electron chi connectivity index (χ1n) is 8.47. The number of pyridine rings is 1. The monoisotopic (exact) mass is 363 g/mol. The topological polar surface area (TPSA) is 71.3 Å². The number of hydrogen-bond donors (Lipinski definition) is 0. The van der Waals surface area contributed by atoms with Crippen molar-refractivity contribution in [1.82, 2.24) is 24.0 Å². The molecule has 25 heavy (non-hydrogen) atoms. The molecule has 2 aromatic rings. The number of likely N-dealkylation sites (tertiary alicyclic amines) is 1. The third-order valence-corrected chi connectivity index (χ3v) is 5.82. The van der Waals surface area contributed by atoms with Crippen LogP contribution in [-0.4, -0.2) is 57.8 Å². The predicted octanol–water partition coefficient (Wildman–Crippen LogP) is 1.24. The smallest absolute Gasteiger partial charge is 0.211 e. The molecule has 1 aliphatic heterocycles. The highest BCUT2D eigenvalue weighted by Gasteiger charge is 2.31. The average molecular weight is 363 g/mol. The third-order valence-electron chi connectivity index (χ3n) is 4.54. The molecule has 7 nitrogen and oxygen atoms in total. The minimum absolute atomic E-state index is 0.0133. The molecule has 0 amide bonds. The van der Waals surface area contributed by atoms with Gasteiger partial charge in [0, 0.05) is 56.9 Å². The van der Waals surface area contributed by atoms with Crippen LogP contribution in [0.2, 0.25) is 0 Å². The standard InChI is InChI=1S/C17H25N5O2S/c1-20-11-16(10-19-20)12-21-8-4-6-17(14-21)22(25(2,23)24)13-15-5-3-7-18-9-15/h3,5,7,9-11,17H,4,6,8,12-14H2,1-2H3. The normalized spacial score (nSPS) is 19.4. The SMILES string of the molecule is Cn1cc(CN2CCCC(N(Cc3cccnc3)S(C)(=O)=O)C2)cn1. The molecule has 1 unspecified atom stereocenters. The lowest BCUT2D eigenvalue weighted by atomic mass is 10.0. The Morgan fingerprint density at radius 1 is 1.32 bits per heavy atom. The van der Waals surface area contributed by atoms with Crippen molar-refractivity contribution in [2.75, 3.05) is 19.3 Å². The van der Waals surface area contributed by atoms with Crippen LogP contribution < -0.4 is 0 Å². The summed E-state index contributed by atoms with van der Waals surface area (Å²) in [6.07, 6.45) is 10.5. The van der Waals surface area contributed by atoms with Crippen LogP contribution in [0.4, 0.5) is 0 Å². The number of hydrogen-bond acceptors (Lipinski definition) is 5. The van der Waals surface area contributed by atoms with Crippen LogP contribution in [0.3, 0.4) is 0 Å². The summed E-state index contributed by atoms with van der Waals surface area (Å²) in [4.78, 5) is 6.41. The van der Waals surface area contributed by atoms with E-state index in [4.69, 9.17) is 0 Å². The molecule has 1 saturated heterocycles. The molecule has 0 bridgehead atoms. The minimum atomic E-state index is -3.29. The van der Waals surface area contributed by atoms with E-state index in [-0.39, 0.29) is 6.04 Å². The summed E-state index contributed by atoms with van der Waals surface area (Å²) in [6, 6.07) is 3.74. The van der Waals surface area contributed by atoms with E-state index in [0.29, 0.717) is 6.54 Å². The summed E-state index contributed by atoms with van der Waals surface area (Å²) >= 11 is 0. The summed E-state index contributed by atoms with van der Waals surface area (Å²) in [5.41, 5.74) is 2.07. The second kappa shape index (κ2) is 7.63. The number of piperidine rings is 1. The second-order valence-corrected chi connectivity index (χ2v) is 8.66. The Labute approximate surface area is 149 Å². The fraction of sp³-hybridized carbons (Fsp3) is 0.529. The zero-order chi connectivity index (χ0) is 17.9. The lowest BCUT2D eigenvalue weighted by molar-refractivity contribution is 0.139. The Kier molecular flexibility index (Phi) is 5.51. The van der Waals surface area contributed by atoms with Crippen molar-refractivity contribution in [3.63, 3.8) is 0 Å². The first-order chi connectivity index (χ1) is 11.9. The molecule has 1 aliphatic rings. The molecule has 0 spiro atoms. The number of nitrogens with zero attached hydrogens (tertiary/aromatic N) is 5. The maximum Gasteiger partial charge on any atom is 0.211 e. The highest BCUT2D eigenvalue weighted by atomic mass is 32.2. The lowest BCUT2D eigenvalue weighted by Gasteiger charge is -2.38. The van der Waals surface area contributed by atoms with Gasteiger partial charge in [0.1, 0.15) is 0 Å². The average Bonchev–Trinajstić information content (AvgIpc) is 2.98. The quantitative estimate of drug-likeness (QED) is 0.772. The molecule has 3 heterocycles. The van der Waals surface area contributed by atoms with Gasteiger partial charge >= 0.3 is 0 Å². The first-order valence-corrected chi connectivity index (χ1v) is 10.3. The van der Waals surface area contributed by atoms with Crippen LogP contribution in [0.15, 0.2) is 36.9 Å². The second-order valence-electron chi connectivity index (χ2n) is 6.72. The molecular formula is C17H25N5O2S. The Bertz CT molecular complexity index is 790. The van der Waals surface area contributed by atoms with Gasteiger partial charge in [0.2, 0.25) is 10.0 Å². The van der Waals surface area contributed by atoms with Crippen molar-refractivity contribution in [3.05, 3.63) is 48.0 Å². The van der Waals surface area contributed by atoms with E-state index in [1.54, 1.807) is 21.4 Å². The molecule has 2 aromatic heterocycles. The fourth-order valence-corrected chi connectivity index (χ4v) is 4.51. The van der Waals surface area contributed by atoms with Gasteiger partial charge in [0.05, 0.1) is 12.5 Å². The summed E-state index contributed by atoms with van der Waals surface area (Å²) in [6.45, 7) is 2.89. The number of sulfonamides is 1. The Balaban J connectivity index is 1.71. The van der Waals surface area contributed by atoms with Crippen LogP contribution in [-0.2, 0) is 30.2 Å². The van der Waals surface area contributed by atoms with Gasteiger partial charge in [-0.1, -0.05) is 6.07 Å². The van der Waals surface area contributed by atoms with Gasteiger partial charge in [-0.05, 0) is 31.0 Å². The molecule has 0 aliphatic carbocycles. The van der Waals surface area contributed by atoms with E-state index in [9.17, 15) is 8.42 Å². The van der Waals surface area contributed by atoms with Gasteiger partial charge < -0.3 is 0 Å². The number of rotatable bonds is 6. The van der Waals surface area contributed by atoms with Gasteiger partial charge in [-0.25, -0.2) is 8.42 Å². The van der Waals surface area contributed by atoms with Crippen molar-refractivity contribution in [1.29, 1.82) is 0 Å². The minimum Gasteiger partial charge on any atom is -0.297 e. The maximum absolute atomic E-state index is 12.4. The summed E-state index contributed by atoms with van der Waals surface area (Å²) in [5.74, 6) is 0. The molecule has 0 saturated carbocycles. The van der Waals surface area contributed by atoms with Crippen LogP contribution in [0.5, 0.6) is 0 Å². The zero-order valence-corrected chi connectivity index (χ0v) is 15.6. The summed E-state index contributed by atoms with van der Waals surface area (Å²) in [5, 5.41) is 4.21. The molecular weight excluding hydrogens is 338 g/mol. The maximum atomic E-state index is 12.4. The Morgan fingerprint density at radius 2 is 2.16 bits per heavy atom. The summed E-state index contributed by atoms with van der Waals surface area (Å²) < 4.78 is 28.2. The van der Waals surface area contributed by atoms with Crippen LogP contribution >= 0.6 is 0 Å². The van der Waals surface area contributed by atoms with Gasteiger partial charge in [-0.15, -0.1) is 0 Å². The fourth-order valence-electron chi connectivity index (χ4n) is 3.41. The van der Waals surface area contributed by atoms with Gasteiger partial charge in [-0.2, -0.15) is 9.40 Å². The van der Waals surface area contributed by atoms with Crippen molar-refractivity contribution in [3.8, 4) is 0 Å². The molecule has 8 heteroatoms. The highest BCUT2D eigenvalue weighted by molar-refractivity contribution is 7.88. The molecule has 0 radical (unpaired) electrons. The molecule has 1 atom stereocenters. The van der Waals surface area contributed by atoms with E-state index in [0.717, 1.165) is 43.6 Å². The molecule has 1 fully saturated rings. The van der Waals surface area contributed by atoms with E-state index in [1.807, 2.05) is 31.6 Å². The molecule has 3 rings (SSSR count). The van der Waals surface area contributed by atoms with Crippen LogP contribution in [0.25, 0.3) is 0 Å². The predicted molar refractivity (Wildman–Crippen MR) is 96.1 cm³/mol.